The highest BCUT2D eigenvalue weighted by Gasteiger charge is 2.51. The predicted octanol–water partition coefficient (Wildman–Crippen LogP) is 5.86. The maximum absolute atomic E-state index is 7.30. The van der Waals surface area contributed by atoms with Crippen LogP contribution in [0.4, 0.5) is 0 Å². The average molecular weight is 423 g/mol. The molecule has 29 heavy (non-hydrogen) atoms. The lowest BCUT2D eigenvalue weighted by Gasteiger charge is -2.45. The summed E-state index contributed by atoms with van der Waals surface area (Å²) in [7, 11) is -3.91. The molecule has 0 spiro atoms. The van der Waals surface area contributed by atoms with Gasteiger partial charge in [0.15, 0.2) is 0 Å². The van der Waals surface area contributed by atoms with Crippen LogP contribution in [0.25, 0.3) is 0 Å². The monoisotopic (exact) mass is 422 g/mol. The molecular weight excluding hydrogens is 384 g/mol. The van der Waals surface area contributed by atoms with E-state index in [4.69, 9.17) is 4.43 Å². The summed E-state index contributed by atoms with van der Waals surface area (Å²) in [5, 5.41) is 2.67. The van der Waals surface area contributed by atoms with Crippen molar-refractivity contribution in [2.45, 2.75) is 71.8 Å². The summed E-state index contributed by atoms with van der Waals surface area (Å²) in [6.07, 6.45) is 0.914. The number of hydrogen-bond acceptors (Lipinski definition) is 1. The second-order valence-electron chi connectivity index (χ2n) is 10.3. The number of benzene rings is 2. The fraction of sp³-hybridized carbons (Fsp3) is 0.462. The van der Waals surface area contributed by atoms with Crippen LogP contribution in [-0.4, -0.2) is 22.5 Å². The normalized spacial score (nSPS) is 13.7. The van der Waals surface area contributed by atoms with Gasteiger partial charge in [-0.25, -0.2) is 0 Å². The third kappa shape index (κ3) is 5.95. The molecule has 0 saturated carbocycles. The Bertz CT molecular complexity index is 779. The third-order valence-corrected chi connectivity index (χ3v) is 11.2. The van der Waals surface area contributed by atoms with Crippen LogP contribution < -0.4 is 10.4 Å². The van der Waals surface area contributed by atoms with Crippen molar-refractivity contribution in [2.75, 3.05) is 0 Å². The minimum absolute atomic E-state index is 0.00491. The van der Waals surface area contributed by atoms with Crippen molar-refractivity contribution in [2.24, 2.45) is 5.92 Å². The first-order chi connectivity index (χ1) is 13.5. The van der Waals surface area contributed by atoms with Gasteiger partial charge in [0.2, 0.25) is 0 Å². The van der Waals surface area contributed by atoms with Gasteiger partial charge in [-0.2, -0.15) is 0 Å². The molecule has 0 radical (unpaired) electrons. The highest BCUT2D eigenvalue weighted by molar-refractivity contribution is 6.99. The van der Waals surface area contributed by atoms with E-state index in [1.54, 1.807) is 0 Å². The molecule has 0 unspecified atom stereocenters. The van der Waals surface area contributed by atoms with Gasteiger partial charge in [0.1, 0.15) is 8.07 Å². The zero-order valence-electron chi connectivity index (χ0n) is 19.5. The van der Waals surface area contributed by atoms with Crippen molar-refractivity contribution >= 4 is 26.8 Å². The molecular formula is C26H38OSi2. The molecule has 0 aliphatic rings. The molecule has 0 N–H and O–H groups in total. The molecule has 2 aromatic rings. The number of hydrogen-bond donors (Lipinski definition) is 0. The minimum Gasteiger partial charge on any atom is -0.403 e. The molecule has 1 nitrogen and oxygen atoms in total. The Kier molecular flexibility index (Phi) is 7.73. The van der Waals surface area contributed by atoms with Gasteiger partial charge in [-0.05, 0) is 21.3 Å². The molecule has 0 fully saturated rings. The maximum Gasteiger partial charge on any atom is 0.261 e. The van der Waals surface area contributed by atoms with Crippen LogP contribution in [0.1, 0.15) is 41.0 Å². The summed E-state index contributed by atoms with van der Waals surface area (Å²) in [5.74, 6) is 3.90. The second-order valence-corrected chi connectivity index (χ2v) is 19.3. The fourth-order valence-corrected chi connectivity index (χ4v) is 9.21. The van der Waals surface area contributed by atoms with E-state index in [2.05, 4.69) is 126 Å². The van der Waals surface area contributed by atoms with E-state index in [1.165, 1.54) is 10.4 Å². The van der Waals surface area contributed by atoms with E-state index in [0.29, 0.717) is 5.92 Å². The largest absolute Gasteiger partial charge is 0.403 e. The summed E-state index contributed by atoms with van der Waals surface area (Å²) in [5.41, 5.74) is 3.54. The Labute approximate surface area is 181 Å². The lowest BCUT2D eigenvalue weighted by molar-refractivity contribution is 0.144. The zero-order chi connectivity index (χ0) is 21.7. The van der Waals surface area contributed by atoms with Gasteiger partial charge in [0, 0.05) is 6.42 Å². The number of rotatable bonds is 6. The Balaban J connectivity index is 2.61. The molecule has 2 rings (SSSR count). The van der Waals surface area contributed by atoms with Crippen molar-refractivity contribution in [3.05, 3.63) is 60.7 Å². The second kappa shape index (κ2) is 9.47. The smallest absolute Gasteiger partial charge is 0.261 e. The van der Waals surface area contributed by atoms with E-state index in [0.717, 1.165) is 6.42 Å². The molecule has 0 bridgehead atoms. The predicted molar refractivity (Wildman–Crippen MR) is 133 cm³/mol. The Morgan fingerprint density at radius 1 is 0.828 bits per heavy atom. The van der Waals surface area contributed by atoms with Crippen molar-refractivity contribution < 1.29 is 4.43 Å². The summed E-state index contributed by atoms with van der Waals surface area (Å²) >= 11 is 0. The first-order valence-corrected chi connectivity index (χ1v) is 16.2. The fourth-order valence-electron chi connectivity index (χ4n) is 3.75. The lowest BCUT2D eigenvalue weighted by Crippen LogP contribution is -2.68. The molecule has 156 valence electrons. The van der Waals surface area contributed by atoms with Crippen molar-refractivity contribution in [3.8, 4) is 11.5 Å². The van der Waals surface area contributed by atoms with Crippen LogP contribution in [0.15, 0.2) is 60.7 Å². The van der Waals surface area contributed by atoms with Crippen LogP contribution in [0.3, 0.4) is 0 Å². The Morgan fingerprint density at radius 3 is 1.62 bits per heavy atom. The maximum atomic E-state index is 7.30. The van der Waals surface area contributed by atoms with Crippen molar-refractivity contribution in [1.29, 1.82) is 0 Å². The van der Waals surface area contributed by atoms with Crippen LogP contribution in [0.5, 0.6) is 0 Å². The Hall–Kier alpha value is -1.61. The van der Waals surface area contributed by atoms with Gasteiger partial charge >= 0.3 is 0 Å². The highest BCUT2D eigenvalue weighted by Crippen LogP contribution is 2.38. The minimum atomic E-state index is -2.53. The standard InChI is InChI=1S/C26H38OSi2/c1-22(2)25(20-15-21-28(6,7)8)27-29(26(3,4)5,23-16-11-9-12-17-23)24-18-13-10-14-19-24/h9-14,16-19,22,25H,20H2,1-8H3/t25-/m1/s1. The van der Waals surface area contributed by atoms with E-state index in [9.17, 15) is 0 Å². The molecule has 0 saturated heterocycles. The summed E-state index contributed by atoms with van der Waals surface area (Å²) in [6.45, 7) is 18.4. The van der Waals surface area contributed by atoms with E-state index in [1.807, 2.05) is 0 Å². The molecule has 3 heteroatoms. The van der Waals surface area contributed by atoms with Crippen LogP contribution >= 0.6 is 0 Å². The van der Waals surface area contributed by atoms with E-state index >= 15 is 0 Å². The highest BCUT2D eigenvalue weighted by atomic mass is 28.4. The van der Waals surface area contributed by atoms with Gasteiger partial charge in [0.05, 0.1) is 6.10 Å². The Morgan fingerprint density at radius 2 is 1.28 bits per heavy atom. The molecule has 2 aromatic carbocycles. The SMILES string of the molecule is CC(C)[C@@H](CC#C[Si](C)(C)C)O[Si](c1ccccc1)(c1ccccc1)C(C)(C)C. The van der Waals surface area contributed by atoms with Gasteiger partial charge in [-0.15, -0.1) is 11.5 Å². The first-order valence-electron chi connectivity index (χ1n) is 10.8. The average Bonchev–Trinajstić information content (AvgIpc) is 2.64. The molecule has 1 atom stereocenters. The molecule has 0 aliphatic heterocycles. The van der Waals surface area contributed by atoms with Crippen molar-refractivity contribution in [1.82, 2.24) is 0 Å². The van der Waals surface area contributed by atoms with Crippen LogP contribution in [0.2, 0.25) is 24.7 Å². The van der Waals surface area contributed by atoms with Gasteiger partial charge < -0.3 is 4.43 Å². The third-order valence-electron chi connectivity index (χ3n) is 5.26. The van der Waals surface area contributed by atoms with Gasteiger partial charge in [-0.3, -0.25) is 0 Å². The first kappa shape index (κ1) is 23.7. The summed E-state index contributed by atoms with van der Waals surface area (Å²) in [4.78, 5) is 0. The zero-order valence-corrected chi connectivity index (χ0v) is 21.5. The quantitative estimate of drug-likeness (QED) is 0.418. The van der Waals surface area contributed by atoms with Gasteiger partial charge in [-0.1, -0.05) is 115 Å². The van der Waals surface area contributed by atoms with Crippen LogP contribution in [-0.2, 0) is 4.43 Å². The topological polar surface area (TPSA) is 9.23 Å². The van der Waals surface area contributed by atoms with E-state index in [-0.39, 0.29) is 11.1 Å². The van der Waals surface area contributed by atoms with Crippen LogP contribution in [0, 0.1) is 17.4 Å². The van der Waals surface area contributed by atoms with Crippen molar-refractivity contribution in [3.63, 3.8) is 0 Å². The lowest BCUT2D eigenvalue weighted by atomic mass is 10.1. The molecule has 0 heterocycles. The molecule has 0 aromatic heterocycles. The summed E-state index contributed by atoms with van der Waals surface area (Å²) in [6, 6.07) is 21.8. The molecule has 0 aliphatic carbocycles. The van der Waals surface area contributed by atoms with E-state index < -0.39 is 16.4 Å². The molecule has 0 amide bonds. The van der Waals surface area contributed by atoms with Gasteiger partial charge in [0.25, 0.3) is 8.32 Å². The summed E-state index contributed by atoms with van der Waals surface area (Å²) < 4.78 is 7.30.